The molecule has 6 nitrogen and oxygen atoms in total. The largest absolute Gasteiger partial charge is 0.496 e. The molecule has 2 aliphatic rings. The quantitative estimate of drug-likeness (QED) is 0.425. The van der Waals surface area contributed by atoms with E-state index in [-0.39, 0.29) is 16.8 Å². The van der Waals surface area contributed by atoms with Gasteiger partial charge in [-0.25, -0.2) is 4.98 Å². The topological polar surface area (TPSA) is 84.1 Å². The third kappa shape index (κ3) is 3.58. The molecule has 1 unspecified atom stereocenters. The van der Waals surface area contributed by atoms with Gasteiger partial charge < -0.3 is 15.0 Å². The summed E-state index contributed by atoms with van der Waals surface area (Å²) >= 11 is 1.41. The van der Waals surface area contributed by atoms with Crippen molar-refractivity contribution >= 4 is 23.4 Å². The molecule has 0 spiro atoms. The van der Waals surface area contributed by atoms with E-state index in [0.29, 0.717) is 46.5 Å². The fourth-order valence-corrected chi connectivity index (χ4v) is 4.91. The van der Waals surface area contributed by atoms with Crippen molar-refractivity contribution in [2.45, 2.75) is 37.8 Å². The number of aromatic nitrogens is 2. The highest BCUT2D eigenvalue weighted by Gasteiger charge is 2.43. The number of hydrogen-bond donors (Lipinski definition) is 2. The number of Topliss-reactive ketones (excluding diaryl/α,β-unsaturated/α-hetero) is 1. The van der Waals surface area contributed by atoms with Crippen molar-refractivity contribution in [3.8, 4) is 5.75 Å². The second-order valence-corrected chi connectivity index (χ2v) is 9.37. The Morgan fingerprint density at radius 2 is 2.07 bits per heavy atom. The number of thioether (sulfide) groups is 1. The van der Waals surface area contributed by atoms with Crippen molar-refractivity contribution in [3.63, 3.8) is 0 Å². The molecule has 4 rings (SSSR count). The number of carbonyl (C=O) groups excluding carboxylic acids is 1. The van der Waals surface area contributed by atoms with Gasteiger partial charge in [0.15, 0.2) is 10.9 Å². The molecule has 0 bridgehead atoms. The third-order valence-corrected chi connectivity index (χ3v) is 6.36. The van der Waals surface area contributed by atoms with Gasteiger partial charge in [-0.15, -0.1) is 6.58 Å². The number of fused-ring (bicyclic) bond motifs is 1. The van der Waals surface area contributed by atoms with Crippen molar-refractivity contribution in [2.75, 3.05) is 18.2 Å². The van der Waals surface area contributed by atoms with Crippen molar-refractivity contribution in [3.05, 3.63) is 69.7 Å². The van der Waals surface area contributed by atoms with E-state index in [9.17, 15) is 9.59 Å². The Hall–Kier alpha value is -2.80. The maximum absolute atomic E-state index is 13.3. The zero-order valence-electron chi connectivity index (χ0n) is 17.4. The lowest BCUT2D eigenvalue weighted by molar-refractivity contribution is -0.118. The second kappa shape index (κ2) is 7.80. The number of rotatable bonds is 5. The minimum absolute atomic E-state index is 0.0554. The summed E-state index contributed by atoms with van der Waals surface area (Å²) in [5.41, 5.74) is 2.32. The van der Waals surface area contributed by atoms with E-state index < -0.39 is 5.92 Å². The minimum Gasteiger partial charge on any atom is -0.496 e. The predicted octanol–water partition coefficient (Wildman–Crippen LogP) is 4.26. The van der Waals surface area contributed by atoms with Crippen molar-refractivity contribution in [2.24, 2.45) is 5.41 Å². The molecule has 0 fully saturated rings. The monoisotopic (exact) mass is 423 g/mol. The van der Waals surface area contributed by atoms with E-state index in [1.165, 1.54) is 11.8 Å². The number of benzene rings is 1. The number of anilines is 1. The van der Waals surface area contributed by atoms with Crippen LogP contribution in [-0.2, 0) is 4.79 Å². The fraction of sp³-hybridized carbons (Fsp3) is 0.348. The van der Waals surface area contributed by atoms with Gasteiger partial charge in [-0.1, -0.05) is 49.9 Å². The maximum atomic E-state index is 13.3. The summed E-state index contributed by atoms with van der Waals surface area (Å²) in [5, 5.41) is 3.85. The first-order valence-corrected chi connectivity index (χ1v) is 10.9. The molecule has 7 heteroatoms. The van der Waals surface area contributed by atoms with Crippen molar-refractivity contribution < 1.29 is 9.53 Å². The molecule has 156 valence electrons. The Balaban J connectivity index is 1.96. The number of methoxy groups -OCH3 is 1. The number of para-hydroxylation sites is 1. The molecule has 0 amide bonds. The summed E-state index contributed by atoms with van der Waals surface area (Å²) < 4.78 is 5.58. The zero-order valence-corrected chi connectivity index (χ0v) is 18.2. The fourth-order valence-electron chi connectivity index (χ4n) is 4.32. The Morgan fingerprint density at radius 3 is 2.80 bits per heavy atom. The van der Waals surface area contributed by atoms with Crippen LogP contribution < -0.4 is 15.6 Å². The van der Waals surface area contributed by atoms with E-state index in [1.807, 2.05) is 24.3 Å². The van der Waals surface area contributed by atoms with Crippen LogP contribution in [0.1, 0.15) is 43.7 Å². The summed E-state index contributed by atoms with van der Waals surface area (Å²) in [6, 6.07) is 7.54. The second-order valence-electron chi connectivity index (χ2n) is 8.37. The van der Waals surface area contributed by atoms with E-state index in [1.54, 1.807) is 13.2 Å². The van der Waals surface area contributed by atoms with Gasteiger partial charge in [0.25, 0.3) is 5.56 Å². The van der Waals surface area contributed by atoms with Crippen LogP contribution in [0.2, 0.25) is 0 Å². The van der Waals surface area contributed by atoms with Gasteiger partial charge in [0, 0.05) is 29.0 Å². The molecule has 2 heterocycles. The molecular weight excluding hydrogens is 398 g/mol. The van der Waals surface area contributed by atoms with Crippen LogP contribution >= 0.6 is 11.8 Å². The smallest absolute Gasteiger partial charge is 0.257 e. The van der Waals surface area contributed by atoms with Gasteiger partial charge in [-0.05, 0) is 17.9 Å². The van der Waals surface area contributed by atoms with E-state index in [0.717, 1.165) is 11.3 Å². The van der Waals surface area contributed by atoms with Crippen LogP contribution in [0.3, 0.4) is 0 Å². The summed E-state index contributed by atoms with van der Waals surface area (Å²) in [4.78, 5) is 34.0. The lowest BCUT2D eigenvalue weighted by Gasteiger charge is -2.38. The van der Waals surface area contributed by atoms with E-state index in [2.05, 4.69) is 35.7 Å². The Labute approximate surface area is 179 Å². The van der Waals surface area contributed by atoms with Crippen molar-refractivity contribution in [1.29, 1.82) is 0 Å². The first-order valence-electron chi connectivity index (χ1n) is 9.88. The summed E-state index contributed by atoms with van der Waals surface area (Å²) in [6.07, 6.45) is 2.91. The number of carbonyl (C=O) groups is 1. The molecule has 1 aromatic heterocycles. The lowest BCUT2D eigenvalue weighted by Crippen LogP contribution is -2.37. The summed E-state index contributed by atoms with van der Waals surface area (Å²) in [7, 11) is 1.60. The number of ketones is 1. The van der Waals surface area contributed by atoms with E-state index in [4.69, 9.17) is 4.74 Å². The Bertz CT molecular complexity index is 1120. The lowest BCUT2D eigenvalue weighted by atomic mass is 9.69. The summed E-state index contributed by atoms with van der Waals surface area (Å²) in [5.74, 6) is 1.32. The number of nitrogens with zero attached hydrogens (tertiary/aromatic N) is 1. The van der Waals surface area contributed by atoms with Crippen molar-refractivity contribution in [1.82, 2.24) is 9.97 Å². The van der Waals surface area contributed by atoms with Crippen LogP contribution in [0, 0.1) is 5.41 Å². The molecule has 1 aromatic carbocycles. The van der Waals surface area contributed by atoms with Gasteiger partial charge >= 0.3 is 0 Å². The number of nitrogens with one attached hydrogen (secondary N) is 2. The average molecular weight is 424 g/mol. The number of ether oxygens (including phenoxy) is 1. The molecule has 0 radical (unpaired) electrons. The van der Waals surface area contributed by atoms with Crippen LogP contribution in [0.15, 0.2) is 58.1 Å². The Morgan fingerprint density at radius 1 is 1.30 bits per heavy atom. The maximum Gasteiger partial charge on any atom is 0.257 e. The minimum atomic E-state index is -0.522. The van der Waals surface area contributed by atoms with Gasteiger partial charge in [0.05, 0.1) is 18.6 Å². The standard InChI is InChI=1S/C23H25N3O3S/c1-5-10-30-22-25-20-19(21(28)26-22)17(13-8-6-7-9-16(13)29-4)18-14(24-20)11-23(2,3)12-15(18)27/h5-9,17H,1,10-12H2,2-4H3,(H2,24,25,26,28). The number of aromatic amines is 1. The van der Waals surface area contributed by atoms with E-state index >= 15 is 0 Å². The molecule has 2 aromatic rings. The number of H-pyrrole nitrogens is 1. The molecular formula is C23H25N3O3S. The SMILES string of the molecule is C=CCSc1nc2c(c(=O)[nH]1)C(c1ccccc1OC)C1=C(CC(C)(C)CC1=O)N2. The molecule has 1 aliphatic carbocycles. The van der Waals surface area contributed by atoms with Gasteiger partial charge in [0.1, 0.15) is 11.6 Å². The molecule has 30 heavy (non-hydrogen) atoms. The molecule has 1 atom stereocenters. The average Bonchev–Trinajstić information content (AvgIpc) is 2.69. The summed E-state index contributed by atoms with van der Waals surface area (Å²) in [6.45, 7) is 7.89. The molecule has 0 saturated carbocycles. The predicted molar refractivity (Wildman–Crippen MR) is 119 cm³/mol. The first kappa shape index (κ1) is 20.5. The highest BCUT2D eigenvalue weighted by Crippen LogP contribution is 2.49. The van der Waals surface area contributed by atoms with Gasteiger partial charge in [-0.3, -0.25) is 9.59 Å². The highest BCUT2D eigenvalue weighted by atomic mass is 32.2. The first-order chi connectivity index (χ1) is 14.3. The van der Waals surface area contributed by atoms with Crippen LogP contribution in [0.4, 0.5) is 5.82 Å². The molecule has 2 N–H and O–H groups in total. The zero-order chi connectivity index (χ0) is 21.5. The highest BCUT2D eigenvalue weighted by molar-refractivity contribution is 7.99. The normalized spacial score (nSPS) is 19.6. The third-order valence-electron chi connectivity index (χ3n) is 5.49. The van der Waals surface area contributed by atoms with Crippen LogP contribution in [0.5, 0.6) is 5.75 Å². The van der Waals surface area contributed by atoms with Crippen LogP contribution in [0.25, 0.3) is 0 Å². The van der Waals surface area contributed by atoms with Gasteiger partial charge in [0.2, 0.25) is 0 Å². The Kier molecular flexibility index (Phi) is 5.32. The number of hydrogen-bond acceptors (Lipinski definition) is 6. The van der Waals surface area contributed by atoms with Gasteiger partial charge in [-0.2, -0.15) is 0 Å². The number of allylic oxidation sites excluding steroid dienone is 2. The molecule has 0 saturated heterocycles. The molecule has 1 aliphatic heterocycles. The van der Waals surface area contributed by atoms with Crippen LogP contribution in [-0.4, -0.2) is 28.6 Å².